The molecule has 186 valence electrons. The second-order valence-electron chi connectivity index (χ2n) is 10.5. The van der Waals surface area contributed by atoms with Gasteiger partial charge in [-0.15, -0.1) is 11.3 Å². The van der Waals surface area contributed by atoms with Gasteiger partial charge in [0.15, 0.2) is 0 Å². The number of rotatable bonds is 8. The lowest BCUT2D eigenvalue weighted by Gasteiger charge is -2.41. The summed E-state index contributed by atoms with van der Waals surface area (Å²) in [4.78, 5) is 41.1. The predicted molar refractivity (Wildman–Crippen MR) is 136 cm³/mol. The van der Waals surface area contributed by atoms with E-state index in [9.17, 15) is 19.5 Å². The molecular formula is C27H38N2O4S. The Bertz CT molecular complexity index is 958. The number of carboxylic acid groups (broad SMARTS) is 1. The highest BCUT2D eigenvalue weighted by Gasteiger charge is 2.44. The van der Waals surface area contributed by atoms with E-state index in [1.165, 1.54) is 23.3 Å². The first-order chi connectivity index (χ1) is 16.3. The van der Waals surface area contributed by atoms with E-state index in [0.29, 0.717) is 12.1 Å². The summed E-state index contributed by atoms with van der Waals surface area (Å²) in [5.74, 6) is -0.945. The lowest BCUT2D eigenvalue weighted by Crippen LogP contribution is -2.47. The van der Waals surface area contributed by atoms with Crippen molar-refractivity contribution in [3.8, 4) is 0 Å². The zero-order chi connectivity index (χ0) is 24.3. The van der Waals surface area contributed by atoms with Crippen molar-refractivity contribution in [2.75, 3.05) is 11.4 Å². The van der Waals surface area contributed by atoms with Crippen molar-refractivity contribution in [3.05, 3.63) is 21.9 Å². The first kappa shape index (κ1) is 25.0. The summed E-state index contributed by atoms with van der Waals surface area (Å²) in [7, 11) is 0. The Morgan fingerprint density at radius 1 is 1.29 bits per heavy atom. The fraction of sp³-hybridized carbons (Fsp3) is 0.667. The van der Waals surface area contributed by atoms with Crippen LogP contribution in [0.4, 0.5) is 5.69 Å². The topological polar surface area (TPSA) is 86.7 Å². The van der Waals surface area contributed by atoms with Gasteiger partial charge in [0.2, 0.25) is 11.8 Å². The molecular weight excluding hydrogens is 448 g/mol. The third-order valence-electron chi connectivity index (χ3n) is 8.00. The number of allylic oxidation sites excluding steroid dienone is 2. The fourth-order valence-electron chi connectivity index (χ4n) is 5.88. The zero-order valence-corrected chi connectivity index (χ0v) is 21.3. The smallest absolute Gasteiger partial charge is 0.348 e. The molecule has 7 heteroatoms. The van der Waals surface area contributed by atoms with Gasteiger partial charge in [-0.25, -0.2) is 4.79 Å². The maximum Gasteiger partial charge on any atom is 0.348 e. The second-order valence-corrected chi connectivity index (χ2v) is 11.6. The van der Waals surface area contributed by atoms with Gasteiger partial charge in [-0.2, -0.15) is 0 Å². The molecule has 1 aromatic heterocycles. The van der Waals surface area contributed by atoms with E-state index in [2.05, 4.69) is 18.3 Å². The van der Waals surface area contributed by atoms with E-state index in [-0.39, 0.29) is 34.1 Å². The third kappa shape index (κ3) is 5.24. The molecule has 0 aromatic carbocycles. The van der Waals surface area contributed by atoms with Gasteiger partial charge < -0.3 is 15.3 Å². The Kier molecular flexibility index (Phi) is 7.80. The molecule has 1 saturated carbocycles. The molecule has 0 radical (unpaired) electrons. The Hall–Kier alpha value is -2.15. The summed E-state index contributed by atoms with van der Waals surface area (Å²) in [6.07, 6.45) is 13.3. The van der Waals surface area contributed by atoms with Gasteiger partial charge in [-0.05, 0) is 74.8 Å². The zero-order valence-electron chi connectivity index (χ0n) is 20.5. The van der Waals surface area contributed by atoms with Crippen molar-refractivity contribution in [1.29, 1.82) is 0 Å². The number of nitrogens with zero attached hydrogens (tertiary/aromatic N) is 1. The number of unbranched alkanes of at least 4 members (excludes halogenated alkanes) is 1. The van der Waals surface area contributed by atoms with Crippen molar-refractivity contribution >= 4 is 40.4 Å². The number of hydrogen-bond acceptors (Lipinski definition) is 4. The van der Waals surface area contributed by atoms with Crippen LogP contribution in [0, 0.1) is 11.3 Å². The maximum atomic E-state index is 13.8. The maximum absolute atomic E-state index is 13.8. The quantitative estimate of drug-likeness (QED) is 0.471. The number of hydrogen-bond donors (Lipinski definition) is 2. The molecule has 2 fully saturated rings. The molecule has 1 atom stereocenters. The Balaban J connectivity index is 1.66. The van der Waals surface area contributed by atoms with Crippen molar-refractivity contribution in [2.24, 2.45) is 11.3 Å². The van der Waals surface area contributed by atoms with Crippen LogP contribution in [0.5, 0.6) is 0 Å². The van der Waals surface area contributed by atoms with Crippen molar-refractivity contribution < 1.29 is 19.5 Å². The summed E-state index contributed by atoms with van der Waals surface area (Å²) in [6.45, 7) is 4.82. The molecule has 1 spiro atoms. The highest BCUT2D eigenvalue weighted by molar-refractivity contribution is 7.15. The van der Waals surface area contributed by atoms with Crippen LogP contribution in [0.15, 0.2) is 12.1 Å². The highest BCUT2D eigenvalue weighted by atomic mass is 32.1. The van der Waals surface area contributed by atoms with Crippen LogP contribution in [0.25, 0.3) is 5.57 Å². The minimum Gasteiger partial charge on any atom is -0.477 e. The minimum atomic E-state index is -0.959. The summed E-state index contributed by atoms with van der Waals surface area (Å²) < 4.78 is 0. The van der Waals surface area contributed by atoms with Crippen LogP contribution in [0.3, 0.4) is 0 Å². The number of carboxylic acids is 1. The predicted octanol–water partition coefficient (Wildman–Crippen LogP) is 6.01. The summed E-state index contributed by atoms with van der Waals surface area (Å²) in [5, 5.41) is 13.1. The fourth-order valence-corrected chi connectivity index (χ4v) is 6.93. The molecule has 3 aliphatic rings. The number of carbonyl (C=O) groups excluding carboxylic acids is 2. The lowest BCUT2D eigenvalue weighted by molar-refractivity contribution is -0.123. The molecule has 0 bridgehead atoms. The molecule has 6 nitrogen and oxygen atoms in total. The summed E-state index contributed by atoms with van der Waals surface area (Å²) in [6, 6.07) is 1.94. The largest absolute Gasteiger partial charge is 0.477 e. The van der Waals surface area contributed by atoms with E-state index in [1.54, 1.807) is 0 Å². The normalized spacial score (nSPS) is 25.6. The minimum absolute atomic E-state index is 0.00152. The van der Waals surface area contributed by atoms with Gasteiger partial charge in [0.05, 0.1) is 5.69 Å². The Labute approximate surface area is 206 Å². The summed E-state index contributed by atoms with van der Waals surface area (Å²) >= 11 is 1.32. The van der Waals surface area contributed by atoms with Crippen LogP contribution >= 0.6 is 11.3 Å². The SMILES string of the molecule is CCCCC(C)C(=O)N(c1cc(C2=CCCCC2)sc1C(=O)O)C1CCC2(CC1)CNC(=O)C2. The molecule has 1 aliphatic heterocycles. The number of carbonyl (C=O) groups is 3. The first-order valence-electron chi connectivity index (χ1n) is 13.0. The van der Waals surface area contributed by atoms with Crippen LogP contribution < -0.4 is 10.2 Å². The second kappa shape index (κ2) is 10.6. The molecule has 1 saturated heterocycles. The van der Waals surface area contributed by atoms with E-state index in [0.717, 1.165) is 75.6 Å². The number of thiophene rings is 1. The van der Waals surface area contributed by atoms with Crippen LogP contribution in [-0.2, 0) is 9.59 Å². The average Bonchev–Trinajstić information content (AvgIpc) is 3.44. The number of anilines is 1. The Morgan fingerprint density at radius 3 is 2.65 bits per heavy atom. The van der Waals surface area contributed by atoms with E-state index < -0.39 is 5.97 Å². The summed E-state index contributed by atoms with van der Waals surface area (Å²) in [5.41, 5.74) is 1.79. The van der Waals surface area contributed by atoms with E-state index in [1.807, 2.05) is 17.9 Å². The van der Waals surface area contributed by atoms with Gasteiger partial charge in [-0.1, -0.05) is 32.8 Å². The number of aromatic carboxylic acids is 1. The molecule has 4 rings (SSSR count). The van der Waals surface area contributed by atoms with Gasteiger partial charge in [-0.3, -0.25) is 9.59 Å². The Morgan fingerprint density at radius 2 is 2.06 bits per heavy atom. The van der Waals surface area contributed by atoms with Gasteiger partial charge in [0.1, 0.15) is 4.88 Å². The first-order valence-corrected chi connectivity index (χ1v) is 13.8. The standard InChI is InChI=1S/C27H38N2O4S/c1-3-4-8-18(2)25(31)29(20-11-13-27(14-12-20)16-23(30)28-17-27)21-15-22(34-24(21)26(32)33)19-9-6-5-7-10-19/h9,15,18,20H,3-8,10-14,16-17H2,1-2H3,(H,28,30)(H,32,33). The average molecular weight is 487 g/mol. The van der Waals surface area contributed by atoms with E-state index >= 15 is 0 Å². The lowest BCUT2D eigenvalue weighted by atomic mass is 9.71. The van der Waals surface area contributed by atoms with Crippen molar-refractivity contribution in [3.63, 3.8) is 0 Å². The molecule has 1 aromatic rings. The van der Waals surface area contributed by atoms with Crippen molar-refractivity contribution in [1.82, 2.24) is 5.32 Å². The van der Waals surface area contributed by atoms with Gasteiger partial charge in [0.25, 0.3) is 0 Å². The molecule has 1 unspecified atom stereocenters. The molecule has 2 aliphatic carbocycles. The van der Waals surface area contributed by atoms with Gasteiger partial charge >= 0.3 is 5.97 Å². The highest BCUT2D eigenvalue weighted by Crippen LogP contribution is 2.46. The van der Waals surface area contributed by atoms with Crippen LogP contribution in [0.2, 0.25) is 0 Å². The third-order valence-corrected chi connectivity index (χ3v) is 9.19. The van der Waals surface area contributed by atoms with E-state index in [4.69, 9.17) is 0 Å². The molecule has 2 heterocycles. The molecule has 34 heavy (non-hydrogen) atoms. The molecule has 2 N–H and O–H groups in total. The van der Waals surface area contributed by atoms with Crippen LogP contribution in [-0.4, -0.2) is 35.5 Å². The number of amides is 2. The van der Waals surface area contributed by atoms with Crippen LogP contribution in [0.1, 0.15) is 105 Å². The van der Waals surface area contributed by atoms with Gasteiger partial charge in [0, 0.05) is 29.8 Å². The monoisotopic (exact) mass is 486 g/mol. The molecule has 2 amide bonds. The number of nitrogens with one attached hydrogen (secondary N) is 1. The van der Waals surface area contributed by atoms with Crippen molar-refractivity contribution in [2.45, 2.75) is 96.9 Å².